The predicted octanol–water partition coefficient (Wildman–Crippen LogP) is 2.80. The summed E-state index contributed by atoms with van der Waals surface area (Å²) in [5, 5.41) is 3.38. The van der Waals surface area contributed by atoms with Crippen molar-refractivity contribution < 1.29 is 0 Å². The molecule has 1 rings (SSSR count). The molecule has 1 aromatic carbocycles. The molecule has 0 heterocycles. The van der Waals surface area contributed by atoms with Gasteiger partial charge in [-0.2, -0.15) is 0 Å². The Bertz CT molecular complexity index is 368. The van der Waals surface area contributed by atoms with Gasteiger partial charge in [-0.25, -0.2) is 0 Å². The number of benzene rings is 1. The summed E-state index contributed by atoms with van der Waals surface area (Å²) in [7, 11) is 3.90. The normalized spacial score (nSPS) is 11.4. The van der Waals surface area contributed by atoms with Crippen molar-refractivity contribution in [3.8, 4) is 0 Å². The first-order chi connectivity index (χ1) is 8.67. The summed E-state index contributed by atoms with van der Waals surface area (Å²) in [4.78, 5) is 6.46. The molecule has 0 aliphatic carbocycles. The third-order valence-electron chi connectivity index (χ3n) is 2.93. The smallest absolute Gasteiger partial charge is 0.193 e. The first-order valence-electron chi connectivity index (χ1n) is 6.64. The van der Waals surface area contributed by atoms with E-state index in [4.69, 9.17) is 0 Å². The highest BCUT2D eigenvalue weighted by Gasteiger charge is 2.05. The van der Waals surface area contributed by atoms with Crippen LogP contribution < -0.4 is 5.32 Å². The molecule has 1 aromatic rings. The van der Waals surface area contributed by atoms with Gasteiger partial charge in [-0.05, 0) is 18.9 Å². The number of rotatable bonds is 5. The molecule has 0 radical (unpaired) electrons. The molecule has 0 bridgehead atoms. The van der Waals surface area contributed by atoms with Gasteiger partial charge in [0.15, 0.2) is 5.96 Å². The molecular weight excluding hydrogens is 222 g/mol. The first-order valence-corrected chi connectivity index (χ1v) is 6.64. The lowest BCUT2D eigenvalue weighted by atomic mass is 10.1. The predicted molar refractivity (Wildman–Crippen MR) is 78.9 cm³/mol. The second-order valence-corrected chi connectivity index (χ2v) is 4.67. The Morgan fingerprint density at radius 3 is 2.50 bits per heavy atom. The number of unbranched alkanes of at least 4 members (excludes halogenated alkanes) is 1. The SMILES string of the molecule is CCCCNC(=NC)N(C)Cc1ccc(C)cc1. The number of guanidine groups is 1. The molecule has 3 nitrogen and oxygen atoms in total. The number of hydrogen-bond donors (Lipinski definition) is 1. The van der Waals surface area contributed by atoms with Crippen molar-refractivity contribution in [1.29, 1.82) is 0 Å². The van der Waals surface area contributed by atoms with Crippen LogP contribution in [0.5, 0.6) is 0 Å². The number of nitrogens with one attached hydrogen (secondary N) is 1. The van der Waals surface area contributed by atoms with Crippen molar-refractivity contribution in [3.05, 3.63) is 35.4 Å². The van der Waals surface area contributed by atoms with E-state index >= 15 is 0 Å². The molecule has 0 aromatic heterocycles. The number of aryl methyl sites for hydroxylation is 1. The standard InChI is InChI=1S/C15H25N3/c1-5-6-11-17-15(16-3)18(4)12-14-9-7-13(2)8-10-14/h7-10H,5-6,11-12H2,1-4H3,(H,16,17). The minimum absolute atomic E-state index is 0.881. The van der Waals surface area contributed by atoms with Crippen LogP contribution in [0.25, 0.3) is 0 Å². The van der Waals surface area contributed by atoms with E-state index in [1.54, 1.807) is 0 Å². The Morgan fingerprint density at radius 1 is 1.28 bits per heavy atom. The molecule has 1 N–H and O–H groups in total. The quantitative estimate of drug-likeness (QED) is 0.492. The fourth-order valence-electron chi connectivity index (χ4n) is 1.80. The monoisotopic (exact) mass is 247 g/mol. The molecule has 0 amide bonds. The molecular formula is C15H25N3. The Labute approximate surface area is 111 Å². The third kappa shape index (κ3) is 4.78. The van der Waals surface area contributed by atoms with Crippen LogP contribution >= 0.6 is 0 Å². The van der Waals surface area contributed by atoms with Gasteiger partial charge in [0.05, 0.1) is 0 Å². The van der Waals surface area contributed by atoms with E-state index in [0.29, 0.717) is 0 Å². The van der Waals surface area contributed by atoms with E-state index in [1.807, 2.05) is 7.05 Å². The Hall–Kier alpha value is -1.51. The summed E-state index contributed by atoms with van der Waals surface area (Å²) in [6.07, 6.45) is 2.38. The van der Waals surface area contributed by atoms with Gasteiger partial charge in [0.1, 0.15) is 0 Å². The zero-order chi connectivity index (χ0) is 13.4. The van der Waals surface area contributed by atoms with Crippen LogP contribution in [0.3, 0.4) is 0 Å². The average molecular weight is 247 g/mol. The van der Waals surface area contributed by atoms with Crippen LogP contribution in [-0.2, 0) is 6.54 Å². The second-order valence-electron chi connectivity index (χ2n) is 4.67. The van der Waals surface area contributed by atoms with Gasteiger partial charge in [-0.15, -0.1) is 0 Å². The van der Waals surface area contributed by atoms with Crippen LogP contribution in [0.1, 0.15) is 30.9 Å². The lowest BCUT2D eigenvalue weighted by Gasteiger charge is -2.22. The van der Waals surface area contributed by atoms with Crippen LogP contribution in [0, 0.1) is 6.92 Å². The summed E-state index contributed by atoms with van der Waals surface area (Å²) in [5.41, 5.74) is 2.60. The maximum Gasteiger partial charge on any atom is 0.193 e. The molecule has 0 saturated carbocycles. The highest BCUT2D eigenvalue weighted by Crippen LogP contribution is 2.05. The van der Waals surface area contributed by atoms with Gasteiger partial charge in [-0.1, -0.05) is 43.2 Å². The van der Waals surface area contributed by atoms with E-state index in [1.165, 1.54) is 24.0 Å². The van der Waals surface area contributed by atoms with Gasteiger partial charge in [0.2, 0.25) is 0 Å². The van der Waals surface area contributed by atoms with Crippen molar-refractivity contribution in [1.82, 2.24) is 10.2 Å². The van der Waals surface area contributed by atoms with Gasteiger partial charge in [-0.3, -0.25) is 4.99 Å². The van der Waals surface area contributed by atoms with Crippen molar-refractivity contribution in [2.24, 2.45) is 4.99 Å². The van der Waals surface area contributed by atoms with Crippen molar-refractivity contribution in [2.45, 2.75) is 33.2 Å². The van der Waals surface area contributed by atoms with E-state index in [2.05, 4.69) is 60.4 Å². The first kappa shape index (κ1) is 14.6. The molecule has 0 aliphatic rings. The molecule has 0 spiro atoms. The summed E-state index contributed by atoms with van der Waals surface area (Å²) in [6, 6.07) is 8.64. The summed E-state index contributed by atoms with van der Waals surface area (Å²) in [5.74, 6) is 0.962. The Kier molecular flexibility index (Phi) is 6.26. The van der Waals surface area contributed by atoms with Crippen LogP contribution in [0.4, 0.5) is 0 Å². The molecule has 0 unspecified atom stereocenters. The minimum Gasteiger partial charge on any atom is -0.356 e. The van der Waals surface area contributed by atoms with Gasteiger partial charge in [0, 0.05) is 27.2 Å². The van der Waals surface area contributed by atoms with Gasteiger partial charge < -0.3 is 10.2 Å². The maximum absolute atomic E-state index is 4.30. The summed E-state index contributed by atoms with van der Waals surface area (Å²) in [6.45, 7) is 6.17. The summed E-state index contributed by atoms with van der Waals surface area (Å²) >= 11 is 0. The molecule has 0 saturated heterocycles. The van der Waals surface area contributed by atoms with Crippen LogP contribution in [-0.4, -0.2) is 31.5 Å². The number of hydrogen-bond acceptors (Lipinski definition) is 1. The van der Waals surface area contributed by atoms with Crippen molar-refractivity contribution in [2.75, 3.05) is 20.6 Å². The number of aliphatic imine (C=N–C) groups is 1. The number of nitrogens with zero attached hydrogens (tertiary/aromatic N) is 2. The van der Waals surface area contributed by atoms with E-state index in [9.17, 15) is 0 Å². The third-order valence-corrected chi connectivity index (χ3v) is 2.93. The van der Waals surface area contributed by atoms with Crippen LogP contribution in [0.2, 0.25) is 0 Å². The Morgan fingerprint density at radius 2 is 1.94 bits per heavy atom. The molecule has 3 heteroatoms. The molecule has 0 aliphatic heterocycles. The van der Waals surface area contributed by atoms with Crippen molar-refractivity contribution >= 4 is 5.96 Å². The largest absolute Gasteiger partial charge is 0.356 e. The minimum atomic E-state index is 0.881. The fraction of sp³-hybridized carbons (Fsp3) is 0.533. The lowest BCUT2D eigenvalue weighted by molar-refractivity contribution is 0.475. The lowest BCUT2D eigenvalue weighted by Crippen LogP contribution is -2.38. The van der Waals surface area contributed by atoms with Crippen molar-refractivity contribution in [3.63, 3.8) is 0 Å². The van der Waals surface area contributed by atoms with Crippen LogP contribution in [0.15, 0.2) is 29.3 Å². The zero-order valence-electron chi connectivity index (χ0n) is 12.0. The van der Waals surface area contributed by atoms with E-state index < -0.39 is 0 Å². The fourth-order valence-corrected chi connectivity index (χ4v) is 1.80. The summed E-state index contributed by atoms with van der Waals surface area (Å²) < 4.78 is 0. The van der Waals surface area contributed by atoms with E-state index in [-0.39, 0.29) is 0 Å². The molecule has 0 fully saturated rings. The molecule has 18 heavy (non-hydrogen) atoms. The second kappa shape index (κ2) is 7.75. The van der Waals surface area contributed by atoms with Gasteiger partial charge >= 0.3 is 0 Å². The highest BCUT2D eigenvalue weighted by atomic mass is 15.3. The molecule has 0 atom stereocenters. The highest BCUT2D eigenvalue weighted by molar-refractivity contribution is 5.79. The van der Waals surface area contributed by atoms with E-state index in [0.717, 1.165) is 19.0 Å². The molecule has 100 valence electrons. The maximum atomic E-state index is 4.30. The zero-order valence-corrected chi connectivity index (χ0v) is 12.0. The van der Waals surface area contributed by atoms with Gasteiger partial charge in [0.25, 0.3) is 0 Å². The Balaban J connectivity index is 2.51. The topological polar surface area (TPSA) is 27.6 Å². The average Bonchev–Trinajstić information content (AvgIpc) is 2.37.